The maximum absolute atomic E-state index is 12.3. The van der Waals surface area contributed by atoms with Crippen LogP contribution in [0.5, 0.6) is 5.75 Å². The smallest absolute Gasteiger partial charge is 0.405 e. The summed E-state index contributed by atoms with van der Waals surface area (Å²) in [6.45, 7) is 2.77. The molecule has 1 unspecified atom stereocenters. The Balaban J connectivity index is 0.00000264. The van der Waals surface area contributed by atoms with Crippen LogP contribution >= 0.6 is 28.3 Å². The molecule has 1 saturated heterocycles. The molecule has 1 atom stereocenters. The Morgan fingerprint density at radius 3 is 2.70 bits per heavy atom. The van der Waals surface area contributed by atoms with Gasteiger partial charge in [-0.2, -0.15) is 0 Å². The summed E-state index contributed by atoms with van der Waals surface area (Å²) in [5.74, 6) is -0.211. The number of halogens is 5. The Morgan fingerprint density at radius 1 is 1.30 bits per heavy atom. The lowest BCUT2D eigenvalue weighted by Gasteiger charge is -2.27. The van der Waals surface area contributed by atoms with Gasteiger partial charge in [-0.3, -0.25) is 4.90 Å². The van der Waals surface area contributed by atoms with Crippen LogP contribution in [0, 0.1) is 0 Å². The van der Waals surface area contributed by atoms with Gasteiger partial charge in [0.2, 0.25) is 0 Å². The molecule has 0 aromatic heterocycles. The van der Waals surface area contributed by atoms with Crippen molar-refractivity contribution in [3.05, 3.63) is 28.2 Å². The van der Waals surface area contributed by atoms with E-state index in [1.54, 1.807) is 12.1 Å². The Hall–Kier alpha value is -0.500. The van der Waals surface area contributed by atoms with Gasteiger partial charge in [-0.25, -0.2) is 0 Å². The van der Waals surface area contributed by atoms with Crippen LogP contribution in [-0.2, 0) is 6.54 Å². The topological polar surface area (TPSA) is 24.5 Å². The van der Waals surface area contributed by atoms with Crippen LogP contribution in [0.2, 0.25) is 0 Å². The third-order valence-electron chi connectivity index (χ3n) is 3.82. The van der Waals surface area contributed by atoms with Gasteiger partial charge in [-0.05, 0) is 73.0 Å². The average Bonchev–Trinajstić information content (AvgIpc) is 2.69. The van der Waals surface area contributed by atoms with Crippen LogP contribution in [-0.4, -0.2) is 37.4 Å². The lowest BCUT2D eigenvalue weighted by atomic mass is 10.1. The first-order valence-electron chi connectivity index (χ1n) is 7.30. The van der Waals surface area contributed by atoms with Crippen molar-refractivity contribution in [2.75, 3.05) is 20.1 Å². The fourth-order valence-electron chi connectivity index (χ4n) is 2.71. The number of hydrogen-bond acceptors (Lipinski definition) is 3. The van der Waals surface area contributed by atoms with Crippen molar-refractivity contribution in [3.63, 3.8) is 0 Å². The van der Waals surface area contributed by atoms with Gasteiger partial charge >= 0.3 is 6.36 Å². The third kappa shape index (κ3) is 6.87. The first-order valence-corrected chi connectivity index (χ1v) is 8.09. The Kier molecular flexibility index (Phi) is 8.13. The Morgan fingerprint density at radius 2 is 2.04 bits per heavy atom. The summed E-state index contributed by atoms with van der Waals surface area (Å²) in [6.07, 6.45) is -1.29. The van der Waals surface area contributed by atoms with Gasteiger partial charge in [0.05, 0.1) is 4.47 Å². The van der Waals surface area contributed by atoms with Crippen LogP contribution < -0.4 is 10.1 Å². The van der Waals surface area contributed by atoms with E-state index >= 15 is 0 Å². The van der Waals surface area contributed by atoms with E-state index in [4.69, 9.17) is 0 Å². The van der Waals surface area contributed by atoms with Crippen molar-refractivity contribution in [3.8, 4) is 5.75 Å². The van der Waals surface area contributed by atoms with Gasteiger partial charge in [0.15, 0.2) is 0 Å². The minimum atomic E-state index is -4.67. The highest BCUT2D eigenvalue weighted by atomic mass is 79.9. The molecule has 1 N–H and O–H groups in total. The van der Waals surface area contributed by atoms with E-state index in [0.29, 0.717) is 17.1 Å². The molecule has 132 valence electrons. The van der Waals surface area contributed by atoms with Crippen LogP contribution in [0.15, 0.2) is 22.7 Å². The van der Waals surface area contributed by atoms with Gasteiger partial charge in [-0.1, -0.05) is 6.07 Å². The molecule has 8 heteroatoms. The highest BCUT2D eigenvalue weighted by molar-refractivity contribution is 9.10. The lowest BCUT2D eigenvalue weighted by molar-refractivity contribution is -0.274. The van der Waals surface area contributed by atoms with E-state index in [1.165, 1.54) is 6.07 Å². The fourth-order valence-corrected chi connectivity index (χ4v) is 3.22. The molecule has 1 fully saturated rings. The number of hydrogen-bond donors (Lipinski definition) is 1. The molecule has 0 radical (unpaired) electrons. The van der Waals surface area contributed by atoms with E-state index < -0.39 is 6.36 Å². The molecule has 1 aromatic rings. The first kappa shape index (κ1) is 20.5. The molecule has 0 amide bonds. The zero-order valence-electron chi connectivity index (χ0n) is 12.8. The summed E-state index contributed by atoms with van der Waals surface area (Å²) in [5.41, 5.74) is 0.959. The zero-order valence-corrected chi connectivity index (χ0v) is 15.2. The first-order chi connectivity index (χ1) is 10.3. The number of alkyl halides is 3. The minimum absolute atomic E-state index is 0. The summed E-state index contributed by atoms with van der Waals surface area (Å²) in [7, 11) is 2.06. The largest absolute Gasteiger partial charge is 0.573 e. The van der Waals surface area contributed by atoms with Gasteiger partial charge in [-0.15, -0.1) is 25.6 Å². The summed E-state index contributed by atoms with van der Waals surface area (Å²) in [6, 6.07) is 5.22. The van der Waals surface area contributed by atoms with E-state index in [-0.39, 0.29) is 18.2 Å². The number of ether oxygens (including phenoxy) is 1. The molecule has 2 rings (SSSR count). The summed E-state index contributed by atoms with van der Waals surface area (Å²) in [5, 5.41) is 3.38. The number of benzene rings is 1. The maximum atomic E-state index is 12.3. The second-order valence-corrected chi connectivity index (χ2v) is 6.42. The SMILES string of the molecule is CN(Cc1ccc(OC(F)(F)F)c(Br)c1)C1CCCNCC1.Cl. The minimum Gasteiger partial charge on any atom is -0.405 e. The molecule has 1 heterocycles. The van der Waals surface area contributed by atoms with Gasteiger partial charge < -0.3 is 10.1 Å². The molecule has 0 saturated carbocycles. The zero-order chi connectivity index (χ0) is 16.2. The van der Waals surface area contributed by atoms with Crippen molar-refractivity contribution in [2.45, 2.75) is 38.2 Å². The van der Waals surface area contributed by atoms with Crippen molar-refractivity contribution in [1.82, 2.24) is 10.2 Å². The molecule has 0 bridgehead atoms. The highest BCUT2D eigenvalue weighted by Gasteiger charge is 2.32. The standard InChI is InChI=1S/C15H20BrF3N2O.ClH/c1-21(12-3-2-7-20-8-6-12)10-11-4-5-14(13(16)9-11)22-15(17,18)19;/h4-5,9,12,20H,2-3,6-8,10H2,1H3;1H. The van der Waals surface area contributed by atoms with Crippen molar-refractivity contribution in [2.24, 2.45) is 0 Å². The van der Waals surface area contributed by atoms with E-state index in [9.17, 15) is 13.2 Å². The average molecular weight is 418 g/mol. The summed E-state index contributed by atoms with van der Waals surface area (Å²) in [4.78, 5) is 2.26. The molecule has 3 nitrogen and oxygen atoms in total. The number of nitrogens with one attached hydrogen (secondary N) is 1. The molecule has 0 aliphatic carbocycles. The third-order valence-corrected chi connectivity index (χ3v) is 4.44. The van der Waals surface area contributed by atoms with Crippen LogP contribution in [0.4, 0.5) is 13.2 Å². The van der Waals surface area contributed by atoms with E-state index in [2.05, 4.69) is 37.9 Å². The molecule has 0 spiro atoms. The molecular formula is C15H21BrClF3N2O. The lowest BCUT2D eigenvalue weighted by Crippen LogP contribution is -2.32. The van der Waals surface area contributed by atoms with Gasteiger partial charge in [0, 0.05) is 12.6 Å². The maximum Gasteiger partial charge on any atom is 0.573 e. The second-order valence-electron chi connectivity index (χ2n) is 5.56. The quantitative estimate of drug-likeness (QED) is 0.788. The van der Waals surface area contributed by atoms with Crippen LogP contribution in [0.1, 0.15) is 24.8 Å². The molecular weight excluding hydrogens is 397 g/mol. The Labute approximate surface area is 149 Å². The molecule has 1 aromatic carbocycles. The monoisotopic (exact) mass is 416 g/mol. The van der Waals surface area contributed by atoms with Crippen molar-refractivity contribution in [1.29, 1.82) is 0 Å². The van der Waals surface area contributed by atoms with E-state index in [0.717, 1.165) is 37.9 Å². The molecule has 1 aliphatic rings. The molecule has 23 heavy (non-hydrogen) atoms. The van der Waals surface area contributed by atoms with E-state index in [1.807, 2.05) is 0 Å². The highest BCUT2D eigenvalue weighted by Crippen LogP contribution is 2.31. The normalized spacial score (nSPS) is 19.1. The van der Waals surface area contributed by atoms with Crippen LogP contribution in [0.25, 0.3) is 0 Å². The van der Waals surface area contributed by atoms with Gasteiger partial charge in [0.1, 0.15) is 5.75 Å². The Bertz CT molecular complexity index is 494. The van der Waals surface area contributed by atoms with Crippen molar-refractivity contribution >= 4 is 28.3 Å². The summed E-state index contributed by atoms with van der Waals surface area (Å²) >= 11 is 3.14. The van der Waals surface area contributed by atoms with Crippen LogP contribution in [0.3, 0.4) is 0 Å². The fraction of sp³-hybridized carbons (Fsp3) is 0.600. The second kappa shape index (κ2) is 9.11. The van der Waals surface area contributed by atoms with Crippen molar-refractivity contribution < 1.29 is 17.9 Å². The predicted molar refractivity (Wildman–Crippen MR) is 90.0 cm³/mol. The van der Waals surface area contributed by atoms with Gasteiger partial charge in [0.25, 0.3) is 0 Å². The predicted octanol–water partition coefficient (Wildman–Crippen LogP) is 4.34. The number of rotatable bonds is 4. The molecule has 1 aliphatic heterocycles. The number of nitrogens with zero attached hydrogens (tertiary/aromatic N) is 1. The summed E-state index contributed by atoms with van der Waals surface area (Å²) < 4.78 is 41.0.